The summed E-state index contributed by atoms with van der Waals surface area (Å²) in [6.07, 6.45) is 3.56. The van der Waals surface area contributed by atoms with Crippen molar-refractivity contribution in [2.75, 3.05) is 19.6 Å². The van der Waals surface area contributed by atoms with E-state index in [4.69, 9.17) is 0 Å². The predicted octanol–water partition coefficient (Wildman–Crippen LogP) is 1.19. The van der Waals surface area contributed by atoms with E-state index in [0.29, 0.717) is 12.5 Å². The van der Waals surface area contributed by atoms with Crippen LogP contribution in [0.2, 0.25) is 0 Å². The zero-order valence-corrected chi connectivity index (χ0v) is 12.1. The van der Waals surface area contributed by atoms with E-state index in [1.807, 2.05) is 12.3 Å². The van der Waals surface area contributed by atoms with E-state index in [2.05, 4.69) is 15.3 Å². The molecule has 114 valence electrons. The molecule has 0 unspecified atom stereocenters. The molecule has 0 aliphatic carbocycles. The van der Waals surface area contributed by atoms with Gasteiger partial charge < -0.3 is 5.32 Å². The molecule has 2 fully saturated rings. The fourth-order valence-corrected chi connectivity index (χ4v) is 3.51. The molecule has 22 heavy (non-hydrogen) atoms. The quantitative estimate of drug-likeness (QED) is 0.926. The maximum Gasteiger partial charge on any atom is 0.224 e. The zero-order valence-electron chi connectivity index (χ0n) is 12.1. The molecule has 2 aliphatic rings. The molecule has 3 heterocycles. The number of hydrogen-bond acceptors (Lipinski definition) is 3. The Morgan fingerprint density at radius 3 is 3.05 bits per heavy atom. The Labute approximate surface area is 127 Å². The van der Waals surface area contributed by atoms with Crippen LogP contribution in [0.25, 0.3) is 5.69 Å². The number of nitrogens with one attached hydrogen (secondary N) is 1. The summed E-state index contributed by atoms with van der Waals surface area (Å²) in [5.74, 6) is 0.373. The van der Waals surface area contributed by atoms with Crippen molar-refractivity contribution >= 4 is 5.91 Å². The highest BCUT2D eigenvalue weighted by molar-refractivity contribution is 5.81. The summed E-state index contributed by atoms with van der Waals surface area (Å²) in [7, 11) is 0. The molecule has 2 aliphatic heterocycles. The van der Waals surface area contributed by atoms with E-state index in [1.165, 1.54) is 6.07 Å². The first-order valence-corrected chi connectivity index (χ1v) is 7.49. The van der Waals surface area contributed by atoms with Gasteiger partial charge in [-0.3, -0.25) is 9.69 Å². The van der Waals surface area contributed by atoms with E-state index < -0.39 is 0 Å². The van der Waals surface area contributed by atoms with E-state index in [1.54, 1.807) is 23.0 Å². The van der Waals surface area contributed by atoms with Gasteiger partial charge in [0, 0.05) is 44.5 Å². The molecule has 0 bridgehead atoms. The molecule has 2 aromatic rings. The Kier molecular flexibility index (Phi) is 3.18. The summed E-state index contributed by atoms with van der Waals surface area (Å²) >= 11 is 0. The minimum absolute atomic E-state index is 0.0849. The van der Waals surface area contributed by atoms with Gasteiger partial charge in [-0.1, -0.05) is 0 Å². The zero-order chi connectivity index (χ0) is 15.1. The minimum atomic E-state index is -0.247. The summed E-state index contributed by atoms with van der Waals surface area (Å²) in [5.41, 5.74) is 1.77. The molecule has 1 aromatic heterocycles. The van der Waals surface area contributed by atoms with Gasteiger partial charge in [-0.05, 0) is 29.8 Å². The SMILES string of the molecule is O=C1NC[C@H]2CN(Cc3cc(F)ccc3-n3cccn3)C[C@@H]12. The lowest BCUT2D eigenvalue weighted by atomic mass is 10.0. The predicted molar refractivity (Wildman–Crippen MR) is 78.8 cm³/mol. The number of nitrogens with zero attached hydrogens (tertiary/aromatic N) is 3. The molecular formula is C16H17FN4O. The molecule has 1 amide bonds. The summed E-state index contributed by atoms with van der Waals surface area (Å²) < 4.78 is 15.4. The van der Waals surface area contributed by atoms with Gasteiger partial charge in [0.1, 0.15) is 5.82 Å². The van der Waals surface area contributed by atoms with Crippen molar-refractivity contribution in [2.24, 2.45) is 11.8 Å². The lowest BCUT2D eigenvalue weighted by Gasteiger charge is -2.19. The molecule has 1 N–H and O–H groups in total. The first kappa shape index (κ1) is 13.5. The first-order valence-electron chi connectivity index (χ1n) is 7.49. The molecule has 2 atom stereocenters. The standard InChI is InChI=1S/C16H17FN4O/c17-13-2-3-15(21-5-1-4-19-21)11(6-13)8-20-9-12-7-18-16(22)14(12)10-20/h1-6,12,14H,7-10H2,(H,18,22)/t12-,14+/m0/s1. The molecule has 0 radical (unpaired) electrons. The molecule has 6 heteroatoms. The van der Waals surface area contributed by atoms with Crippen molar-refractivity contribution in [3.8, 4) is 5.69 Å². The molecule has 0 saturated carbocycles. The van der Waals surface area contributed by atoms with E-state index in [9.17, 15) is 9.18 Å². The largest absolute Gasteiger partial charge is 0.355 e. The Balaban J connectivity index is 1.58. The second-order valence-corrected chi connectivity index (χ2v) is 6.03. The molecule has 4 rings (SSSR count). The fraction of sp³-hybridized carbons (Fsp3) is 0.375. The van der Waals surface area contributed by atoms with Gasteiger partial charge in [-0.15, -0.1) is 0 Å². The van der Waals surface area contributed by atoms with Crippen LogP contribution >= 0.6 is 0 Å². The molecule has 2 saturated heterocycles. The van der Waals surface area contributed by atoms with Crippen LogP contribution < -0.4 is 5.32 Å². The highest BCUT2D eigenvalue weighted by Gasteiger charge is 2.41. The van der Waals surface area contributed by atoms with Crippen LogP contribution in [-0.2, 0) is 11.3 Å². The number of rotatable bonds is 3. The van der Waals surface area contributed by atoms with Crippen molar-refractivity contribution < 1.29 is 9.18 Å². The average molecular weight is 300 g/mol. The van der Waals surface area contributed by atoms with Gasteiger partial charge in [0.05, 0.1) is 11.6 Å². The number of halogens is 1. The summed E-state index contributed by atoms with van der Waals surface area (Å²) in [6.45, 7) is 3.01. The van der Waals surface area contributed by atoms with Crippen molar-refractivity contribution in [1.82, 2.24) is 20.0 Å². The molecule has 1 aromatic carbocycles. The van der Waals surface area contributed by atoms with Crippen LogP contribution in [0.1, 0.15) is 5.56 Å². The van der Waals surface area contributed by atoms with Crippen LogP contribution in [0, 0.1) is 17.7 Å². The number of fused-ring (bicyclic) bond motifs is 1. The van der Waals surface area contributed by atoms with Gasteiger partial charge >= 0.3 is 0 Å². The first-order chi connectivity index (χ1) is 10.7. The third-order valence-corrected chi connectivity index (χ3v) is 4.58. The van der Waals surface area contributed by atoms with Crippen molar-refractivity contribution in [1.29, 1.82) is 0 Å². The fourth-order valence-electron chi connectivity index (χ4n) is 3.51. The van der Waals surface area contributed by atoms with Crippen LogP contribution in [0.5, 0.6) is 0 Å². The normalized spacial score (nSPS) is 24.5. The number of hydrogen-bond donors (Lipinski definition) is 1. The topological polar surface area (TPSA) is 50.2 Å². The number of aromatic nitrogens is 2. The highest BCUT2D eigenvalue weighted by atomic mass is 19.1. The lowest BCUT2D eigenvalue weighted by molar-refractivity contribution is -0.122. The van der Waals surface area contributed by atoms with Gasteiger partial charge in [0.15, 0.2) is 0 Å². The molecular weight excluding hydrogens is 283 g/mol. The number of carbonyl (C=O) groups excluding carboxylic acids is 1. The van der Waals surface area contributed by atoms with Crippen molar-refractivity contribution in [2.45, 2.75) is 6.54 Å². The number of likely N-dealkylation sites (tertiary alicyclic amines) is 1. The van der Waals surface area contributed by atoms with Crippen LogP contribution in [0.4, 0.5) is 4.39 Å². The minimum Gasteiger partial charge on any atom is -0.355 e. The van der Waals surface area contributed by atoms with Gasteiger partial charge in [-0.25, -0.2) is 9.07 Å². The summed E-state index contributed by atoms with van der Waals surface area (Å²) in [5, 5.41) is 7.14. The third-order valence-electron chi connectivity index (χ3n) is 4.58. The maximum atomic E-state index is 13.6. The van der Waals surface area contributed by atoms with Crippen molar-refractivity contribution in [3.05, 3.63) is 48.0 Å². The molecule has 5 nitrogen and oxygen atoms in total. The van der Waals surface area contributed by atoms with Gasteiger partial charge in [0.2, 0.25) is 5.91 Å². The van der Waals surface area contributed by atoms with E-state index >= 15 is 0 Å². The lowest BCUT2D eigenvalue weighted by Crippen LogP contribution is -2.28. The van der Waals surface area contributed by atoms with E-state index in [0.717, 1.165) is 30.9 Å². The van der Waals surface area contributed by atoms with Gasteiger partial charge in [-0.2, -0.15) is 5.10 Å². The van der Waals surface area contributed by atoms with E-state index in [-0.39, 0.29) is 17.6 Å². The Morgan fingerprint density at radius 1 is 1.36 bits per heavy atom. The van der Waals surface area contributed by atoms with Crippen LogP contribution in [0.3, 0.4) is 0 Å². The monoisotopic (exact) mass is 300 g/mol. The number of carbonyl (C=O) groups is 1. The van der Waals surface area contributed by atoms with Crippen LogP contribution in [-0.4, -0.2) is 40.2 Å². The Bertz CT molecular complexity index is 700. The summed E-state index contributed by atoms with van der Waals surface area (Å²) in [6, 6.07) is 6.61. The Hall–Kier alpha value is -2.21. The maximum absolute atomic E-state index is 13.6. The molecule has 0 spiro atoms. The van der Waals surface area contributed by atoms with Crippen LogP contribution in [0.15, 0.2) is 36.7 Å². The summed E-state index contributed by atoms with van der Waals surface area (Å²) in [4.78, 5) is 14.0. The van der Waals surface area contributed by atoms with Crippen molar-refractivity contribution in [3.63, 3.8) is 0 Å². The Morgan fingerprint density at radius 2 is 2.27 bits per heavy atom. The number of benzene rings is 1. The second kappa shape index (κ2) is 5.21. The highest BCUT2D eigenvalue weighted by Crippen LogP contribution is 2.29. The van der Waals surface area contributed by atoms with Gasteiger partial charge in [0.25, 0.3) is 0 Å². The average Bonchev–Trinajstić information content (AvgIpc) is 3.19. The second-order valence-electron chi connectivity index (χ2n) is 6.03. The number of amides is 1. The third kappa shape index (κ3) is 2.29. The smallest absolute Gasteiger partial charge is 0.224 e.